The number of hydrogen-bond donors (Lipinski definition) is 1. The maximum absolute atomic E-state index is 12.8. The molecule has 0 aromatic heterocycles. The number of piperidine rings is 3. The standard InChI is InChI=1S/C27H32N2O3/c1-32-22-4-2-3-19(16-22)20-5-6-23-21(15-20)7-10-27(11-12-27)25(23)29(26(30)31)24-17-28-13-8-18(24)9-14-28/h2-6,15-16,18,24-25H,7-14,17H2,1H3,(H,30,31)/t24?,25-/m1/s1. The molecule has 2 atom stereocenters. The van der Waals surface area contributed by atoms with Crippen molar-refractivity contribution in [3.63, 3.8) is 0 Å². The first-order valence-electron chi connectivity index (χ1n) is 12.1. The van der Waals surface area contributed by atoms with E-state index in [1.165, 1.54) is 16.7 Å². The van der Waals surface area contributed by atoms with Gasteiger partial charge in [-0.2, -0.15) is 0 Å². The molecule has 1 amide bonds. The summed E-state index contributed by atoms with van der Waals surface area (Å²) in [5.74, 6) is 1.36. The second-order valence-corrected chi connectivity index (χ2v) is 10.3. The van der Waals surface area contributed by atoms with Crippen molar-refractivity contribution in [1.29, 1.82) is 0 Å². The average Bonchev–Trinajstić information content (AvgIpc) is 3.61. The summed E-state index contributed by atoms with van der Waals surface area (Å²) in [6.07, 6.45) is 5.98. The van der Waals surface area contributed by atoms with Crippen LogP contribution >= 0.6 is 0 Å². The third kappa shape index (κ3) is 3.21. The van der Waals surface area contributed by atoms with Gasteiger partial charge in [0.15, 0.2) is 0 Å². The third-order valence-electron chi connectivity index (χ3n) is 8.68. The van der Waals surface area contributed by atoms with E-state index in [1.807, 2.05) is 17.0 Å². The largest absolute Gasteiger partial charge is 0.497 e. The zero-order valence-corrected chi connectivity index (χ0v) is 18.8. The Morgan fingerprint density at radius 3 is 2.53 bits per heavy atom. The van der Waals surface area contributed by atoms with Crippen molar-refractivity contribution in [2.75, 3.05) is 26.7 Å². The fourth-order valence-corrected chi connectivity index (χ4v) is 6.74. The minimum atomic E-state index is -0.732. The molecule has 1 saturated carbocycles. The highest BCUT2D eigenvalue weighted by atomic mass is 16.5. The number of carbonyl (C=O) groups is 1. The zero-order chi connectivity index (χ0) is 21.9. The number of aryl methyl sites for hydroxylation is 1. The number of benzene rings is 2. The van der Waals surface area contributed by atoms with Crippen LogP contribution in [0.3, 0.4) is 0 Å². The lowest BCUT2D eigenvalue weighted by molar-refractivity contribution is -0.0243. The monoisotopic (exact) mass is 432 g/mol. The number of ether oxygens (including phenoxy) is 1. The lowest BCUT2D eigenvalue weighted by atomic mass is 9.73. The molecule has 2 aromatic carbocycles. The first-order chi connectivity index (χ1) is 15.6. The highest BCUT2D eigenvalue weighted by molar-refractivity contribution is 5.69. The number of nitrogens with zero attached hydrogens (tertiary/aromatic N) is 2. The van der Waals surface area contributed by atoms with Crippen molar-refractivity contribution in [1.82, 2.24) is 9.80 Å². The molecule has 5 nitrogen and oxygen atoms in total. The first-order valence-corrected chi connectivity index (χ1v) is 12.1. The molecule has 3 aliphatic heterocycles. The molecule has 2 bridgehead atoms. The van der Waals surface area contributed by atoms with Gasteiger partial charge in [-0.05, 0) is 97.3 Å². The first kappa shape index (κ1) is 20.1. The van der Waals surface area contributed by atoms with Gasteiger partial charge in [0.1, 0.15) is 5.75 Å². The predicted octanol–water partition coefficient (Wildman–Crippen LogP) is 5.20. The molecule has 1 unspecified atom stereocenters. The molecule has 168 valence electrons. The van der Waals surface area contributed by atoms with Crippen LogP contribution in [-0.4, -0.2) is 53.8 Å². The number of methoxy groups -OCH3 is 1. The number of rotatable bonds is 4. The molecule has 2 aliphatic carbocycles. The van der Waals surface area contributed by atoms with Crippen LogP contribution in [0.5, 0.6) is 5.75 Å². The van der Waals surface area contributed by atoms with Crippen LogP contribution < -0.4 is 4.74 Å². The summed E-state index contributed by atoms with van der Waals surface area (Å²) in [6, 6.07) is 15.0. The number of carboxylic acid groups (broad SMARTS) is 1. The van der Waals surface area contributed by atoms with Crippen LogP contribution in [0.25, 0.3) is 11.1 Å². The molecule has 32 heavy (non-hydrogen) atoms. The maximum Gasteiger partial charge on any atom is 0.408 e. The summed E-state index contributed by atoms with van der Waals surface area (Å²) in [5.41, 5.74) is 5.04. The number of amides is 1. The van der Waals surface area contributed by atoms with E-state index >= 15 is 0 Å². The van der Waals surface area contributed by atoms with E-state index in [0.29, 0.717) is 5.92 Å². The summed E-state index contributed by atoms with van der Waals surface area (Å²) in [5, 5.41) is 10.5. The molecular weight excluding hydrogens is 400 g/mol. The van der Waals surface area contributed by atoms with Gasteiger partial charge in [-0.1, -0.05) is 30.3 Å². The van der Waals surface area contributed by atoms with E-state index in [4.69, 9.17) is 4.74 Å². The lowest BCUT2D eigenvalue weighted by Crippen LogP contribution is -2.60. The van der Waals surface area contributed by atoms with Gasteiger partial charge in [0.25, 0.3) is 0 Å². The Kier molecular flexibility index (Phi) is 4.72. The van der Waals surface area contributed by atoms with Gasteiger partial charge in [0.2, 0.25) is 0 Å². The Hall–Kier alpha value is -2.53. The van der Waals surface area contributed by atoms with Gasteiger partial charge in [-0.25, -0.2) is 4.79 Å². The highest BCUT2D eigenvalue weighted by Crippen LogP contribution is 2.63. The summed E-state index contributed by atoms with van der Waals surface area (Å²) in [6.45, 7) is 3.16. The lowest BCUT2D eigenvalue weighted by Gasteiger charge is -2.52. The third-order valence-corrected chi connectivity index (χ3v) is 8.68. The SMILES string of the molecule is COc1cccc(-c2ccc3c(c2)CCC2(CC2)[C@@H]3N(C(=O)O)C2CN3CCC2CC3)c1. The Labute approximate surface area is 190 Å². The van der Waals surface area contributed by atoms with Crippen molar-refractivity contribution >= 4 is 6.09 Å². The molecular formula is C27H32N2O3. The van der Waals surface area contributed by atoms with E-state index in [-0.39, 0.29) is 17.5 Å². The minimum absolute atomic E-state index is 0.00587. The Balaban J connectivity index is 1.39. The Morgan fingerprint density at radius 2 is 1.88 bits per heavy atom. The van der Waals surface area contributed by atoms with E-state index in [2.05, 4.69) is 35.2 Å². The zero-order valence-electron chi connectivity index (χ0n) is 18.8. The van der Waals surface area contributed by atoms with Crippen LogP contribution in [0, 0.1) is 11.3 Å². The molecule has 3 saturated heterocycles. The summed E-state index contributed by atoms with van der Waals surface area (Å²) < 4.78 is 5.41. The highest BCUT2D eigenvalue weighted by Gasteiger charge is 2.57. The fourth-order valence-electron chi connectivity index (χ4n) is 6.74. The number of fused-ring (bicyclic) bond motifs is 4. The van der Waals surface area contributed by atoms with Crippen LogP contribution in [-0.2, 0) is 6.42 Å². The molecule has 0 radical (unpaired) electrons. The maximum atomic E-state index is 12.8. The topological polar surface area (TPSA) is 53.0 Å². The fraction of sp³-hybridized carbons (Fsp3) is 0.519. The van der Waals surface area contributed by atoms with Crippen LogP contribution in [0.2, 0.25) is 0 Å². The van der Waals surface area contributed by atoms with Crippen LogP contribution in [0.15, 0.2) is 42.5 Å². The van der Waals surface area contributed by atoms with Gasteiger partial charge in [-0.3, -0.25) is 4.90 Å². The van der Waals surface area contributed by atoms with Crippen molar-refractivity contribution in [2.45, 2.75) is 50.6 Å². The van der Waals surface area contributed by atoms with Gasteiger partial charge >= 0.3 is 6.09 Å². The molecule has 1 N–H and O–H groups in total. The molecule has 7 rings (SSSR count). The van der Waals surface area contributed by atoms with Gasteiger partial charge in [0.05, 0.1) is 19.2 Å². The molecule has 5 heteroatoms. The van der Waals surface area contributed by atoms with Crippen LogP contribution in [0.1, 0.15) is 49.3 Å². The molecule has 3 heterocycles. The van der Waals surface area contributed by atoms with Crippen molar-refractivity contribution < 1.29 is 14.6 Å². The van der Waals surface area contributed by atoms with E-state index in [1.54, 1.807) is 7.11 Å². The van der Waals surface area contributed by atoms with E-state index < -0.39 is 6.09 Å². The van der Waals surface area contributed by atoms with E-state index in [9.17, 15) is 9.90 Å². The van der Waals surface area contributed by atoms with Gasteiger partial charge in [0, 0.05) is 6.54 Å². The summed E-state index contributed by atoms with van der Waals surface area (Å²) >= 11 is 0. The minimum Gasteiger partial charge on any atom is -0.497 e. The predicted molar refractivity (Wildman–Crippen MR) is 124 cm³/mol. The normalized spacial score (nSPS) is 29.4. The molecule has 2 aromatic rings. The quantitative estimate of drug-likeness (QED) is 0.721. The van der Waals surface area contributed by atoms with E-state index in [0.717, 1.165) is 69.5 Å². The summed E-state index contributed by atoms with van der Waals surface area (Å²) in [4.78, 5) is 17.1. The van der Waals surface area contributed by atoms with Crippen molar-refractivity contribution in [3.8, 4) is 16.9 Å². The van der Waals surface area contributed by atoms with Crippen LogP contribution in [0.4, 0.5) is 4.79 Å². The van der Waals surface area contributed by atoms with Gasteiger partial charge in [-0.15, -0.1) is 0 Å². The number of hydrogen-bond acceptors (Lipinski definition) is 3. The second-order valence-electron chi connectivity index (χ2n) is 10.3. The van der Waals surface area contributed by atoms with Crippen molar-refractivity contribution in [3.05, 3.63) is 53.6 Å². The smallest absolute Gasteiger partial charge is 0.408 e. The molecule has 1 spiro atoms. The molecule has 5 aliphatic rings. The second kappa shape index (κ2) is 7.51. The van der Waals surface area contributed by atoms with Crippen molar-refractivity contribution in [2.24, 2.45) is 11.3 Å². The molecule has 4 fully saturated rings. The summed E-state index contributed by atoms with van der Waals surface area (Å²) in [7, 11) is 1.70. The average molecular weight is 433 g/mol. The Morgan fingerprint density at radius 1 is 1.09 bits per heavy atom. The van der Waals surface area contributed by atoms with Gasteiger partial charge < -0.3 is 14.7 Å². The Bertz CT molecular complexity index is 1040.